The SMILES string of the molecule is CN(Cc1ccccc1[N+](=O)[O-])C(=O)C(C)(C)c1cccs1. The average molecular weight is 318 g/mol. The van der Waals surface area contributed by atoms with Crippen LogP contribution in [0.25, 0.3) is 0 Å². The van der Waals surface area contributed by atoms with Crippen LogP contribution in [-0.2, 0) is 16.8 Å². The molecule has 0 spiro atoms. The van der Waals surface area contributed by atoms with E-state index >= 15 is 0 Å². The Balaban J connectivity index is 2.21. The van der Waals surface area contributed by atoms with Crippen molar-refractivity contribution in [3.05, 3.63) is 62.3 Å². The van der Waals surface area contributed by atoms with Crippen LogP contribution in [0.2, 0.25) is 0 Å². The van der Waals surface area contributed by atoms with Gasteiger partial charge in [-0.3, -0.25) is 14.9 Å². The van der Waals surface area contributed by atoms with Crippen molar-refractivity contribution in [1.29, 1.82) is 0 Å². The topological polar surface area (TPSA) is 63.4 Å². The number of amides is 1. The lowest BCUT2D eigenvalue weighted by Crippen LogP contribution is -2.40. The van der Waals surface area contributed by atoms with Crippen molar-refractivity contribution >= 4 is 22.9 Å². The molecule has 0 aliphatic rings. The van der Waals surface area contributed by atoms with E-state index < -0.39 is 10.3 Å². The van der Waals surface area contributed by atoms with Crippen LogP contribution in [-0.4, -0.2) is 22.8 Å². The van der Waals surface area contributed by atoms with E-state index in [-0.39, 0.29) is 18.1 Å². The predicted molar refractivity (Wildman–Crippen MR) is 86.9 cm³/mol. The first-order valence-electron chi connectivity index (χ1n) is 6.86. The van der Waals surface area contributed by atoms with Gasteiger partial charge < -0.3 is 4.90 Å². The molecule has 0 N–H and O–H groups in total. The van der Waals surface area contributed by atoms with Gasteiger partial charge in [0.05, 0.1) is 16.9 Å². The van der Waals surface area contributed by atoms with Crippen LogP contribution in [0.4, 0.5) is 5.69 Å². The summed E-state index contributed by atoms with van der Waals surface area (Å²) in [5.74, 6) is -0.0619. The first-order chi connectivity index (χ1) is 10.3. The molecule has 0 fully saturated rings. The summed E-state index contributed by atoms with van der Waals surface area (Å²) in [5.41, 5.74) is -0.0756. The lowest BCUT2D eigenvalue weighted by atomic mass is 9.89. The molecule has 6 heteroatoms. The van der Waals surface area contributed by atoms with E-state index in [1.165, 1.54) is 17.4 Å². The highest BCUT2D eigenvalue weighted by molar-refractivity contribution is 7.10. The lowest BCUT2D eigenvalue weighted by Gasteiger charge is -2.28. The molecule has 0 saturated heterocycles. The van der Waals surface area contributed by atoms with Gasteiger partial charge >= 0.3 is 0 Å². The molecule has 2 rings (SSSR count). The summed E-state index contributed by atoms with van der Waals surface area (Å²) in [6, 6.07) is 10.3. The van der Waals surface area contributed by atoms with Gasteiger partial charge in [0.2, 0.25) is 5.91 Å². The van der Waals surface area contributed by atoms with E-state index in [0.717, 1.165) is 4.88 Å². The van der Waals surface area contributed by atoms with Crippen LogP contribution >= 0.6 is 11.3 Å². The molecule has 1 amide bonds. The van der Waals surface area contributed by atoms with Crippen molar-refractivity contribution in [1.82, 2.24) is 4.90 Å². The van der Waals surface area contributed by atoms with Crippen LogP contribution < -0.4 is 0 Å². The maximum atomic E-state index is 12.7. The molecule has 2 aromatic rings. The van der Waals surface area contributed by atoms with Gasteiger partial charge in [-0.1, -0.05) is 24.3 Å². The maximum absolute atomic E-state index is 12.7. The minimum atomic E-state index is -0.646. The van der Waals surface area contributed by atoms with Gasteiger partial charge in [0.25, 0.3) is 5.69 Å². The third-order valence-corrected chi connectivity index (χ3v) is 4.81. The van der Waals surface area contributed by atoms with Gasteiger partial charge in [-0.25, -0.2) is 0 Å². The zero-order valence-corrected chi connectivity index (χ0v) is 13.6. The molecular weight excluding hydrogens is 300 g/mol. The van der Waals surface area contributed by atoms with Crippen LogP contribution in [0.3, 0.4) is 0 Å². The number of rotatable bonds is 5. The number of para-hydroxylation sites is 1. The fraction of sp³-hybridized carbons (Fsp3) is 0.312. The quantitative estimate of drug-likeness (QED) is 0.625. The van der Waals surface area contributed by atoms with Crippen molar-refractivity contribution in [3.63, 3.8) is 0 Å². The number of hydrogen-bond donors (Lipinski definition) is 0. The minimum absolute atomic E-state index is 0.0380. The van der Waals surface area contributed by atoms with E-state index in [1.54, 1.807) is 30.1 Å². The molecule has 0 saturated carbocycles. The lowest BCUT2D eigenvalue weighted by molar-refractivity contribution is -0.385. The average Bonchev–Trinajstić information content (AvgIpc) is 3.01. The highest BCUT2D eigenvalue weighted by Crippen LogP contribution is 2.30. The molecule has 1 aromatic heterocycles. The van der Waals surface area contributed by atoms with Crippen LogP contribution in [0.1, 0.15) is 24.3 Å². The highest BCUT2D eigenvalue weighted by Gasteiger charge is 2.33. The molecule has 0 aliphatic carbocycles. The number of nitrogens with zero attached hydrogens (tertiary/aromatic N) is 2. The molecular formula is C16H18N2O3S. The number of benzene rings is 1. The molecule has 1 heterocycles. The second-order valence-electron chi connectivity index (χ2n) is 5.65. The standard InChI is InChI=1S/C16H18N2O3S/c1-16(2,14-9-6-10-22-14)15(19)17(3)11-12-7-4-5-8-13(12)18(20)21/h4-10H,11H2,1-3H3. The third-order valence-electron chi connectivity index (χ3n) is 3.61. The highest BCUT2D eigenvalue weighted by atomic mass is 32.1. The Kier molecular flexibility index (Phi) is 4.61. The Morgan fingerprint density at radius 3 is 2.55 bits per heavy atom. The Labute approximate surface area is 133 Å². The number of hydrogen-bond acceptors (Lipinski definition) is 4. The van der Waals surface area contributed by atoms with Gasteiger partial charge in [-0.15, -0.1) is 11.3 Å². The van der Waals surface area contributed by atoms with Crippen molar-refractivity contribution in [2.75, 3.05) is 7.05 Å². The van der Waals surface area contributed by atoms with Gasteiger partial charge in [0.15, 0.2) is 0 Å². The van der Waals surface area contributed by atoms with Gasteiger partial charge in [-0.05, 0) is 25.3 Å². The Morgan fingerprint density at radius 1 is 1.27 bits per heavy atom. The fourth-order valence-electron chi connectivity index (χ4n) is 2.37. The predicted octanol–water partition coefficient (Wildman–Crippen LogP) is 3.59. The van der Waals surface area contributed by atoms with E-state index in [1.807, 2.05) is 31.4 Å². The monoisotopic (exact) mass is 318 g/mol. The molecule has 0 aliphatic heterocycles. The zero-order chi connectivity index (χ0) is 16.3. The number of carbonyl (C=O) groups excluding carboxylic acids is 1. The maximum Gasteiger partial charge on any atom is 0.274 e. The van der Waals surface area contributed by atoms with Gasteiger partial charge in [0.1, 0.15) is 0 Å². The normalized spacial score (nSPS) is 11.2. The summed E-state index contributed by atoms with van der Waals surface area (Å²) in [6.45, 7) is 3.96. The van der Waals surface area contributed by atoms with Crippen LogP contribution in [0.5, 0.6) is 0 Å². The summed E-state index contributed by atoms with van der Waals surface area (Å²) in [4.78, 5) is 25.9. The van der Waals surface area contributed by atoms with Crippen LogP contribution in [0.15, 0.2) is 41.8 Å². The number of nitro benzene ring substituents is 1. The molecule has 22 heavy (non-hydrogen) atoms. The molecule has 0 radical (unpaired) electrons. The first-order valence-corrected chi connectivity index (χ1v) is 7.74. The molecule has 1 aromatic carbocycles. The summed E-state index contributed by atoms with van der Waals surface area (Å²) in [5, 5.41) is 13.0. The van der Waals surface area contributed by atoms with Crippen molar-refractivity contribution < 1.29 is 9.72 Å². The summed E-state index contributed by atoms with van der Waals surface area (Å²) >= 11 is 1.53. The first kappa shape index (κ1) is 16.2. The Bertz CT molecular complexity index is 680. The molecule has 0 unspecified atom stereocenters. The van der Waals surface area contributed by atoms with E-state index in [2.05, 4.69) is 0 Å². The number of thiophene rings is 1. The summed E-state index contributed by atoms with van der Waals surface area (Å²) < 4.78 is 0. The fourth-order valence-corrected chi connectivity index (χ4v) is 3.21. The van der Waals surface area contributed by atoms with Gasteiger partial charge in [-0.2, -0.15) is 0 Å². The number of nitro groups is 1. The van der Waals surface area contributed by atoms with Crippen molar-refractivity contribution in [2.24, 2.45) is 0 Å². The molecule has 0 bridgehead atoms. The molecule has 116 valence electrons. The zero-order valence-electron chi connectivity index (χ0n) is 12.8. The molecule has 5 nitrogen and oxygen atoms in total. The van der Waals surface area contributed by atoms with E-state index in [0.29, 0.717) is 5.56 Å². The number of carbonyl (C=O) groups is 1. The smallest absolute Gasteiger partial charge is 0.274 e. The summed E-state index contributed by atoms with van der Waals surface area (Å²) in [6.07, 6.45) is 0. The van der Waals surface area contributed by atoms with E-state index in [9.17, 15) is 14.9 Å². The Hall–Kier alpha value is -2.21. The third kappa shape index (κ3) is 3.17. The van der Waals surface area contributed by atoms with Gasteiger partial charge in [0, 0.05) is 23.6 Å². The van der Waals surface area contributed by atoms with E-state index in [4.69, 9.17) is 0 Å². The largest absolute Gasteiger partial charge is 0.340 e. The van der Waals surface area contributed by atoms with Crippen LogP contribution in [0, 0.1) is 10.1 Å². The number of likely N-dealkylation sites (N-methyl/N-ethyl adjacent to an activating group) is 1. The molecule has 0 atom stereocenters. The van der Waals surface area contributed by atoms with Crippen molar-refractivity contribution in [3.8, 4) is 0 Å². The Morgan fingerprint density at radius 2 is 1.95 bits per heavy atom. The van der Waals surface area contributed by atoms with Crippen molar-refractivity contribution in [2.45, 2.75) is 25.8 Å². The second kappa shape index (κ2) is 6.27. The summed E-state index contributed by atoms with van der Waals surface area (Å²) in [7, 11) is 1.68. The second-order valence-corrected chi connectivity index (χ2v) is 6.60. The minimum Gasteiger partial charge on any atom is -0.340 e.